The molecule has 0 amide bonds. The fraction of sp³-hybridized carbons (Fsp3) is 0.750. The third-order valence-electron chi connectivity index (χ3n) is 1.97. The molecule has 0 aromatic carbocycles. The Kier molecular flexibility index (Phi) is 2.60. The van der Waals surface area contributed by atoms with Gasteiger partial charge in [-0.15, -0.1) is 0 Å². The number of halogens is 2. The number of hydrogen-bond donors (Lipinski definition) is 1. The molecule has 64 valence electrons. The molecule has 3 heteroatoms. The quantitative estimate of drug-likeness (QED) is 0.464. The summed E-state index contributed by atoms with van der Waals surface area (Å²) in [4.78, 5) is 0. The van der Waals surface area contributed by atoms with Gasteiger partial charge in [0.05, 0.1) is 0 Å². The van der Waals surface area contributed by atoms with Crippen molar-refractivity contribution in [2.75, 3.05) is 0 Å². The molecule has 0 bridgehead atoms. The summed E-state index contributed by atoms with van der Waals surface area (Å²) in [5.41, 5.74) is 4.80. The van der Waals surface area contributed by atoms with Gasteiger partial charge in [-0.2, -0.15) is 8.78 Å². The van der Waals surface area contributed by atoms with Gasteiger partial charge in [0.1, 0.15) is 0 Å². The fourth-order valence-electron chi connectivity index (χ4n) is 1.32. The van der Waals surface area contributed by atoms with E-state index in [2.05, 4.69) is 5.73 Å². The van der Waals surface area contributed by atoms with Crippen molar-refractivity contribution in [3.8, 4) is 0 Å². The van der Waals surface area contributed by atoms with Crippen molar-refractivity contribution in [1.29, 1.82) is 0 Å². The molecule has 1 nitrogen and oxygen atoms in total. The molecule has 0 unspecified atom stereocenters. The highest BCUT2D eigenvalue weighted by atomic mass is 19.3. The summed E-state index contributed by atoms with van der Waals surface area (Å²) in [5.74, 6) is 0. The maximum absolute atomic E-state index is 12.5. The Hall–Kier alpha value is -0.440. The van der Waals surface area contributed by atoms with E-state index in [0.717, 1.165) is 25.7 Å². The number of rotatable bonds is 1. The van der Waals surface area contributed by atoms with Gasteiger partial charge < -0.3 is 0 Å². The molecule has 0 spiro atoms. The normalized spacial score (nSPS) is 20.8. The summed E-state index contributed by atoms with van der Waals surface area (Å²) in [5, 5.41) is 0. The van der Waals surface area contributed by atoms with E-state index in [-0.39, 0.29) is 5.57 Å². The molecule has 0 aliphatic heterocycles. The van der Waals surface area contributed by atoms with Crippen molar-refractivity contribution in [3.05, 3.63) is 11.6 Å². The van der Waals surface area contributed by atoms with Crippen LogP contribution in [0.2, 0.25) is 0 Å². The molecule has 1 aliphatic rings. The van der Waals surface area contributed by atoms with Crippen LogP contribution in [0.15, 0.2) is 11.6 Å². The van der Waals surface area contributed by atoms with E-state index in [1.54, 1.807) is 6.08 Å². The van der Waals surface area contributed by atoms with Crippen LogP contribution in [0.3, 0.4) is 0 Å². The van der Waals surface area contributed by atoms with E-state index in [1.165, 1.54) is 0 Å². The third kappa shape index (κ3) is 2.58. The first kappa shape index (κ1) is 8.65. The smallest absolute Gasteiger partial charge is 0.268 e. The molecular formula is C8H13F2N. The Labute approximate surface area is 65.3 Å². The Balaban J connectivity index is 2.61. The molecule has 0 saturated carbocycles. The van der Waals surface area contributed by atoms with Gasteiger partial charge in [-0.3, -0.25) is 5.73 Å². The second-order valence-electron chi connectivity index (χ2n) is 2.95. The van der Waals surface area contributed by atoms with E-state index in [9.17, 15) is 8.78 Å². The molecule has 0 aromatic rings. The third-order valence-corrected chi connectivity index (χ3v) is 1.97. The lowest BCUT2D eigenvalue weighted by Crippen LogP contribution is -2.30. The van der Waals surface area contributed by atoms with Gasteiger partial charge in [-0.1, -0.05) is 12.5 Å². The minimum Gasteiger partial charge on any atom is -0.268 e. The van der Waals surface area contributed by atoms with Gasteiger partial charge in [0.2, 0.25) is 0 Å². The average molecular weight is 161 g/mol. The number of alkyl halides is 2. The van der Waals surface area contributed by atoms with Gasteiger partial charge in [-0.05, 0) is 25.7 Å². The van der Waals surface area contributed by atoms with Crippen LogP contribution in [-0.2, 0) is 0 Å². The van der Waals surface area contributed by atoms with Gasteiger partial charge in [0.15, 0.2) is 0 Å². The van der Waals surface area contributed by atoms with Crippen molar-refractivity contribution in [2.45, 2.75) is 38.2 Å². The zero-order valence-corrected chi connectivity index (χ0v) is 6.45. The summed E-state index contributed by atoms with van der Waals surface area (Å²) < 4.78 is 25.0. The summed E-state index contributed by atoms with van der Waals surface area (Å²) in [6.07, 6.45) is 5.70. The highest BCUT2D eigenvalue weighted by Crippen LogP contribution is 2.26. The molecule has 1 rings (SSSR count). The summed E-state index contributed by atoms with van der Waals surface area (Å²) in [6, 6.07) is -3.08. The molecule has 0 radical (unpaired) electrons. The second kappa shape index (κ2) is 3.30. The lowest BCUT2D eigenvalue weighted by molar-refractivity contribution is 0.0452. The lowest BCUT2D eigenvalue weighted by atomic mass is 10.1. The molecule has 1 aliphatic carbocycles. The van der Waals surface area contributed by atoms with Crippen LogP contribution in [0.5, 0.6) is 0 Å². The zero-order chi connectivity index (χ0) is 8.32. The highest BCUT2D eigenvalue weighted by Gasteiger charge is 2.27. The maximum atomic E-state index is 12.5. The van der Waals surface area contributed by atoms with E-state index in [1.807, 2.05) is 0 Å². The molecule has 0 heterocycles. The van der Waals surface area contributed by atoms with Crippen molar-refractivity contribution in [2.24, 2.45) is 5.73 Å². The highest BCUT2D eigenvalue weighted by molar-refractivity contribution is 5.11. The van der Waals surface area contributed by atoms with Crippen LogP contribution in [0.1, 0.15) is 32.1 Å². The molecule has 0 aromatic heterocycles. The lowest BCUT2D eigenvalue weighted by Gasteiger charge is -2.12. The fourth-order valence-corrected chi connectivity index (χ4v) is 1.32. The predicted molar refractivity (Wildman–Crippen MR) is 40.3 cm³/mol. The van der Waals surface area contributed by atoms with Crippen LogP contribution in [-0.4, -0.2) is 6.05 Å². The molecule has 0 atom stereocenters. The van der Waals surface area contributed by atoms with Gasteiger partial charge >= 0.3 is 6.05 Å². The predicted octanol–water partition coefficient (Wildman–Crippen LogP) is 2.43. The molecular weight excluding hydrogens is 148 g/mol. The maximum Gasteiger partial charge on any atom is 0.322 e. The Bertz CT molecular complexity index is 158. The number of nitrogens with two attached hydrogens (primary N) is 1. The van der Waals surface area contributed by atoms with Crippen LogP contribution >= 0.6 is 0 Å². The van der Waals surface area contributed by atoms with Crippen molar-refractivity contribution >= 4 is 0 Å². The monoisotopic (exact) mass is 161 g/mol. The first-order chi connectivity index (χ1) is 5.11. The molecule has 0 saturated heterocycles. The van der Waals surface area contributed by atoms with Crippen molar-refractivity contribution in [1.82, 2.24) is 0 Å². The first-order valence-electron chi connectivity index (χ1n) is 3.97. The number of hydrogen-bond acceptors (Lipinski definition) is 1. The summed E-state index contributed by atoms with van der Waals surface area (Å²) in [7, 11) is 0. The molecule has 2 N–H and O–H groups in total. The topological polar surface area (TPSA) is 26.0 Å². The first-order valence-corrected chi connectivity index (χ1v) is 3.97. The minimum absolute atomic E-state index is 0.120. The van der Waals surface area contributed by atoms with Gasteiger partial charge in [0, 0.05) is 5.57 Å². The summed E-state index contributed by atoms with van der Waals surface area (Å²) >= 11 is 0. The second-order valence-corrected chi connectivity index (χ2v) is 2.95. The van der Waals surface area contributed by atoms with E-state index in [4.69, 9.17) is 0 Å². The van der Waals surface area contributed by atoms with Crippen molar-refractivity contribution < 1.29 is 8.78 Å². The zero-order valence-electron chi connectivity index (χ0n) is 6.45. The average Bonchev–Trinajstić information content (AvgIpc) is 2.10. The van der Waals surface area contributed by atoms with Crippen LogP contribution in [0, 0.1) is 0 Å². The van der Waals surface area contributed by atoms with Crippen LogP contribution in [0.25, 0.3) is 0 Å². The van der Waals surface area contributed by atoms with Crippen LogP contribution in [0.4, 0.5) is 8.78 Å². The van der Waals surface area contributed by atoms with E-state index in [0.29, 0.717) is 6.42 Å². The standard InChI is InChI=1S/C8H13F2N/c9-8(10,11)7-5-3-1-2-4-6-7/h5H,1-4,6,11H2. The Morgan fingerprint density at radius 3 is 2.64 bits per heavy atom. The Morgan fingerprint density at radius 1 is 1.27 bits per heavy atom. The van der Waals surface area contributed by atoms with E-state index >= 15 is 0 Å². The molecule has 0 fully saturated rings. The largest absolute Gasteiger partial charge is 0.322 e. The van der Waals surface area contributed by atoms with Gasteiger partial charge in [0.25, 0.3) is 0 Å². The SMILES string of the molecule is NC(F)(F)C1=CCCCCC1. The minimum atomic E-state index is -3.08. The van der Waals surface area contributed by atoms with Crippen LogP contribution < -0.4 is 5.73 Å². The molecule has 11 heavy (non-hydrogen) atoms. The van der Waals surface area contributed by atoms with E-state index < -0.39 is 6.05 Å². The number of allylic oxidation sites excluding steroid dienone is 1. The Morgan fingerprint density at radius 2 is 2.00 bits per heavy atom. The summed E-state index contributed by atoms with van der Waals surface area (Å²) in [6.45, 7) is 0. The van der Waals surface area contributed by atoms with Crippen molar-refractivity contribution in [3.63, 3.8) is 0 Å². The van der Waals surface area contributed by atoms with Gasteiger partial charge in [-0.25, -0.2) is 0 Å².